The normalized spacial score (nSPS) is 18.6. The minimum Gasteiger partial charge on any atom is -0.481 e. The second-order valence-corrected chi connectivity index (χ2v) is 8.06. The first-order valence-corrected chi connectivity index (χ1v) is 8.92. The SMILES string of the molecule is CC(C)(C)n1cc(CN2CCC(C(=O)O)C2)c(-c2ccccc2Cl)n1. The van der Waals surface area contributed by atoms with Gasteiger partial charge in [-0.3, -0.25) is 14.4 Å². The molecular weight excluding hydrogens is 338 g/mol. The average Bonchev–Trinajstić information content (AvgIpc) is 3.15. The molecule has 0 aliphatic carbocycles. The molecule has 1 N–H and O–H groups in total. The molecule has 2 heterocycles. The van der Waals surface area contributed by atoms with E-state index in [-0.39, 0.29) is 11.5 Å². The van der Waals surface area contributed by atoms with Crippen molar-refractivity contribution in [2.75, 3.05) is 13.1 Å². The van der Waals surface area contributed by atoms with Gasteiger partial charge in [-0.2, -0.15) is 5.10 Å². The van der Waals surface area contributed by atoms with Crippen LogP contribution in [0.5, 0.6) is 0 Å². The van der Waals surface area contributed by atoms with Gasteiger partial charge in [-0.25, -0.2) is 0 Å². The topological polar surface area (TPSA) is 58.4 Å². The van der Waals surface area contributed by atoms with Crippen LogP contribution in [0.15, 0.2) is 30.5 Å². The van der Waals surface area contributed by atoms with Gasteiger partial charge < -0.3 is 5.11 Å². The minimum absolute atomic E-state index is 0.136. The highest BCUT2D eigenvalue weighted by atomic mass is 35.5. The highest BCUT2D eigenvalue weighted by Gasteiger charge is 2.29. The van der Waals surface area contributed by atoms with Crippen molar-refractivity contribution in [1.29, 1.82) is 0 Å². The lowest BCUT2D eigenvalue weighted by molar-refractivity contribution is -0.141. The number of halogens is 1. The molecule has 1 aromatic carbocycles. The predicted molar refractivity (Wildman–Crippen MR) is 98.7 cm³/mol. The van der Waals surface area contributed by atoms with E-state index in [2.05, 4.69) is 31.9 Å². The van der Waals surface area contributed by atoms with Crippen LogP contribution in [-0.2, 0) is 16.9 Å². The van der Waals surface area contributed by atoms with Gasteiger partial charge in [-0.1, -0.05) is 29.8 Å². The van der Waals surface area contributed by atoms with Gasteiger partial charge in [0.25, 0.3) is 0 Å². The molecule has 1 atom stereocenters. The molecule has 6 heteroatoms. The maximum Gasteiger partial charge on any atom is 0.307 e. The zero-order valence-electron chi connectivity index (χ0n) is 14.9. The Kier molecular flexibility index (Phi) is 4.89. The average molecular weight is 362 g/mol. The Bertz CT molecular complexity index is 779. The Morgan fingerprint density at radius 3 is 2.68 bits per heavy atom. The Morgan fingerprint density at radius 2 is 2.08 bits per heavy atom. The molecule has 1 unspecified atom stereocenters. The van der Waals surface area contributed by atoms with Gasteiger partial charge in [-0.05, 0) is 39.8 Å². The molecular formula is C19H24ClN3O2. The van der Waals surface area contributed by atoms with Crippen LogP contribution in [0.2, 0.25) is 5.02 Å². The van der Waals surface area contributed by atoms with E-state index >= 15 is 0 Å². The third-order valence-electron chi connectivity index (χ3n) is 4.62. The van der Waals surface area contributed by atoms with Crippen molar-refractivity contribution in [3.63, 3.8) is 0 Å². The number of likely N-dealkylation sites (tertiary alicyclic amines) is 1. The van der Waals surface area contributed by atoms with Crippen molar-refractivity contribution in [2.45, 2.75) is 39.3 Å². The summed E-state index contributed by atoms with van der Waals surface area (Å²) >= 11 is 6.40. The maximum atomic E-state index is 11.2. The fourth-order valence-corrected chi connectivity index (χ4v) is 3.39. The number of carboxylic acid groups (broad SMARTS) is 1. The molecule has 1 fully saturated rings. The van der Waals surface area contributed by atoms with Crippen LogP contribution in [0.4, 0.5) is 0 Å². The molecule has 25 heavy (non-hydrogen) atoms. The lowest BCUT2D eigenvalue weighted by Gasteiger charge is -2.19. The molecule has 3 rings (SSSR count). The van der Waals surface area contributed by atoms with Crippen molar-refractivity contribution in [2.24, 2.45) is 5.92 Å². The van der Waals surface area contributed by atoms with E-state index in [4.69, 9.17) is 16.7 Å². The highest BCUT2D eigenvalue weighted by Crippen LogP contribution is 2.32. The fraction of sp³-hybridized carbons (Fsp3) is 0.474. The molecule has 0 radical (unpaired) electrons. The smallest absolute Gasteiger partial charge is 0.307 e. The summed E-state index contributed by atoms with van der Waals surface area (Å²) < 4.78 is 1.96. The zero-order valence-corrected chi connectivity index (χ0v) is 15.6. The first-order chi connectivity index (χ1) is 11.8. The largest absolute Gasteiger partial charge is 0.481 e. The Balaban J connectivity index is 1.94. The van der Waals surface area contributed by atoms with E-state index in [9.17, 15) is 9.90 Å². The van der Waals surface area contributed by atoms with Gasteiger partial charge >= 0.3 is 5.97 Å². The van der Waals surface area contributed by atoms with Crippen molar-refractivity contribution in [3.8, 4) is 11.3 Å². The summed E-state index contributed by atoms with van der Waals surface area (Å²) in [6, 6.07) is 7.71. The second kappa shape index (κ2) is 6.81. The summed E-state index contributed by atoms with van der Waals surface area (Å²) in [7, 11) is 0. The van der Waals surface area contributed by atoms with Gasteiger partial charge in [0.2, 0.25) is 0 Å². The molecule has 0 spiro atoms. The lowest BCUT2D eigenvalue weighted by atomic mass is 10.1. The number of carboxylic acids is 1. The molecule has 0 saturated carbocycles. The van der Waals surface area contributed by atoms with Crippen LogP contribution in [0.3, 0.4) is 0 Å². The summed E-state index contributed by atoms with van der Waals surface area (Å²) in [6.07, 6.45) is 2.76. The first-order valence-electron chi connectivity index (χ1n) is 8.55. The van der Waals surface area contributed by atoms with E-state index in [1.807, 2.05) is 28.9 Å². The van der Waals surface area contributed by atoms with Crippen LogP contribution in [0, 0.1) is 5.92 Å². The van der Waals surface area contributed by atoms with Gasteiger partial charge in [0.1, 0.15) is 0 Å². The van der Waals surface area contributed by atoms with Crippen molar-refractivity contribution in [1.82, 2.24) is 14.7 Å². The summed E-state index contributed by atoms with van der Waals surface area (Å²) in [5, 5.41) is 14.7. The van der Waals surface area contributed by atoms with Crippen LogP contribution >= 0.6 is 11.6 Å². The third-order valence-corrected chi connectivity index (χ3v) is 4.95. The number of aliphatic carboxylic acids is 1. The van der Waals surface area contributed by atoms with Crippen LogP contribution < -0.4 is 0 Å². The molecule has 0 bridgehead atoms. The Hall–Kier alpha value is -1.85. The Morgan fingerprint density at radius 1 is 1.36 bits per heavy atom. The summed E-state index contributed by atoms with van der Waals surface area (Å²) in [5.74, 6) is -0.986. The molecule has 0 amide bonds. The van der Waals surface area contributed by atoms with Gasteiger partial charge in [-0.15, -0.1) is 0 Å². The van der Waals surface area contributed by atoms with Crippen molar-refractivity contribution < 1.29 is 9.90 Å². The van der Waals surface area contributed by atoms with E-state index in [0.717, 1.165) is 23.4 Å². The monoisotopic (exact) mass is 361 g/mol. The number of hydrogen-bond acceptors (Lipinski definition) is 3. The van der Waals surface area contributed by atoms with Gasteiger partial charge in [0.05, 0.1) is 22.2 Å². The van der Waals surface area contributed by atoms with Gasteiger partial charge in [0.15, 0.2) is 0 Å². The molecule has 1 aromatic heterocycles. The number of carbonyl (C=O) groups is 1. The van der Waals surface area contributed by atoms with Crippen LogP contribution in [-0.4, -0.2) is 38.8 Å². The number of nitrogens with zero attached hydrogens (tertiary/aromatic N) is 3. The minimum atomic E-state index is -0.709. The number of hydrogen-bond donors (Lipinski definition) is 1. The molecule has 134 valence electrons. The lowest BCUT2D eigenvalue weighted by Crippen LogP contribution is -2.23. The standard InChI is InChI=1S/C19H24ClN3O2/c1-19(2,3)23-12-14(11-22-9-8-13(10-22)18(24)25)17(21-23)15-6-4-5-7-16(15)20/h4-7,12-13H,8-11H2,1-3H3,(H,24,25). The maximum absolute atomic E-state index is 11.2. The number of rotatable bonds is 4. The number of benzene rings is 1. The van der Waals surface area contributed by atoms with Crippen LogP contribution in [0.25, 0.3) is 11.3 Å². The quantitative estimate of drug-likeness (QED) is 0.898. The van der Waals surface area contributed by atoms with Gasteiger partial charge in [0, 0.05) is 30.4 Å². The van der Waals surface area contributed by atoms with E-state index in [0.29, 0.717) is 24.5 Å². The summed E-state index contributed by atoms with van der Waals surface area (Å²) in [5.41, 5.74) is 2.73. The second-order valence-electron chi connectivity index (χ2n) is 7.66. The zero-order chi connectivity index (χ0) is 18.2. The Labute approximate surface area is 153 Å². The molecule has 2 aromatic rings. The highest BCUT2D eigenvalue weighted by molar-refractivity contribution is 6.33. The molecule has 1 aliphatic rings. The van der Waals surface area contributed by atoms with Crippen molar-refractivity contribution >= 4 is 17.6 Å². The molecule has 1 saturated heterocycles. The van der Waals surface area contributed by atoms with Crippen LogP contribution in [0.1, 0.15) is 32.8 Å². The van der Waals surface area contributed by atoms with E-state index in [1.165, 1.54) is 0 Å². The first kappa shape index (κ1) is 18.0. The van der Waals surface area contributed by atoms with Crippen molar-refractivity contribution in [3.05, 3.63) is 41.0 Å². The summed E-state index contributed by atoms with van der Waals surface area (Å²) in [4.78, 5) is 13.4. The van der Waals surface area contributed by atoms with E-state index < -0.39 is 5.97 Å². The van der Waals surface area contributed by atoms with E-state index in [1.54, 1.807) is 0 Å². The summed E-state index contributed by atoms with van der Waals surface area (Å²) in [6.45, 7) is 8.38. The molecule has 1 aliphatic heterocycles. The number of aromatic nitrogens is 2. The predicted octanol–water partition coefficient (Wildman–Crippen LogP) is 3.87. The molecule has 5 nitrogen and oxygen atoms in total. The third kappa shape index (κ3) is 3.88. The fourth-order valence-electron chi connectivity index (χ4n) is 3.17.